The molecular weight excluding hydrogens is 320 g/mol. The number of piperidine rings is 1. The number of nitrogens with one attached hydrogen (secondary N) is 1. The summed E-state index contributed by atoms with van der Waals surface area (Å²) >= 11 is 6.05. The molecule has 23 heavy (non-hydrogen) atoms. The van der Waals surface area contributed by atoms with Gasteiger partial charge in [0.25, 0.3) is 5.91 Å². The quantitative estimate of drug-likeness (QED) is 0.798. The fourth-order valence-corrected chi connectivity index (χ4v) is 2.71. The fraction of sp³-hybridized carbons (Fsp3) is 0.533. The average molecular weight is 341 g/mol. The third-order valence-corrected chi connectivity index (χ3v) is 3.93. The van der Waals surface area contributed by atoms with Gasteiger partial charge in [-0.1, -0.05) is 11.6 Å². The lowest BCUT2D eigenvalue weighted by Crippen LogP contribution is -2.46. The zero-order valence-electron chi connectivity index (χ0n) is 13.0. The van der Waals surface area contributed by atoms with Crippen molar-refractivity contribution in [1.29, 1.82) is 0 Å². The van der Waals surface area contributed by atoms with E-state index in [-0.39, 0.29) is 35.1 Å². The maximum atomic E-state index is 12.3. The first kappa shape index (κ1) is 17.5. The lowest BCUT2D eigenvalue weighted by Gasteiger charge is -2.31. The molecule has 8 heteroatoms. The Hall–Kier alpha value is -1.86. The molecule has 0 unspecified atom stereocenters. The molecule has 0 aliphatic carbocycles. The van der Waals surface area contributed by atoms with Crippen molar-refractivity contribution in [2.45, 2.75) is 25.8 Å². The normalized spacial score (nSPS) is 16.1. The van der Waals surface area contributed by atoms with E-state index in [1.165, 1.54) is 0 Å². The van der Waals surface area contributed by atoms with E-state index in [1.807, 2.05) is 11.8 Å². The zero-order valence-corrected chi connectivity index (χ0v) is 13.8. The molecule has 1 aromatic heterocycles. The molecule has 2 amide bonds. The number of nitrogens with two attached hydrogens (primary N) is 1. The number of aromatic nitrogens is 1. The van der Waals surface area contributed by atoms with E-state index in [9.17, 15) is 9.59 Å². The number of pyridine rings is 1. The van der Waals surface area contributed by atoms with Crippen LogP contribution in [0.15, 0.2) is 12.1 Å². The SMILES string of the molecule is CCOc1ccc(Cl)c(C(=O)NC2CCN(CC(N)=O)CC2)n1. The molecular formula is C15H21ClN4O3. The first-order valence-electron chi connectivity index (χ1n) is 7.60. The third kappa shape index (κ3) is 5.07. The van der Waals surface area contributed by atoms with E-state index in [1.54, 1.807) is 12.1 Å². The van der Waals surface area contributed by atoms with E-state index in [0.29, 0.717) is 25.6 Å². The van der Waals surface area contributed by atoms with Gasteiger partial charge in [-0.2, -0.15) is 0 Å². The van der Waals surface area contributed by atoms with Crippen LogP contribution in [0, 0.1) is 0 Å². The number of hydrogen-bond donors (Lipinski definition) is 2. The Morgan fingerprint density at radius 3 is 2.74 bits per heavy atom. The molecule has 0 aromatic carbocycles. The standard InChI is InChI=1S/C15H21ClN4O3/c1-2-23-13-4-3-11(16)14(19-13)15(22)18-10-5-7-20(8-6-10)9-12(17)21/h3-4,10H,2,5-9H2,1H3,(H2,17,21)(H,18,22). The van der Waals surface area contributed by atoms with Gasteiger partial charge in [0, 0.05) is 25.2 Å². The summed E-state index contributed by atoms with van der Waals surface area (Å²) in [6, 6.07) is 3.26. The summed E-state index contributed by atoms with van der Waals surface area (Å²) in [5.41, 5.74) is 5.35. The fourth-order valence-electron chi connectivity index (χ4n) is 2.52. The molecule has 3 N–H and O–H groups in total. The van der Waals surface area contributed by atoms with Gasteiger partial charge in [-0.05, 0) is 25.8 Å². The number of nitrogens with zero attached hydrogens (tertiary/aromatic N) is 2. The highest BCUT2D eigenvalue weighted by molar-refractivity contribution is 6.33. The van der Waals surface area contributed by atoms with Crippen LogP contribution in [0.1, 0.15) is 30.3 Å². The molecule has 2 heterocycles. The maximum absolute atomic E-state index is 12.3. The highest BCUT2D eigenvalue weighted by Gasteiger charge is 2.23. The smallest absolute Gasteiger partial charge is 0.271 e. The van der Waals surface area contributed by atoms with Crippen molar-refractivity contribution < 1.29 is 14.3 Å². The monoisotopic (exact) mass is 340 g/mol. The van der Waals surface area contributed by atoms with Gasteiger partial charge in [0.2, 0.25) is 11.8 Å². The second-order valence-electron chi connectivity index (χ2n) is 5.40. The number of rotatable bonds is 6. The largest absolute Gasteiger partial charge is 0.478 e. The first-order valence-corrected chi connectivity index (χ1v) is 7.98. The predicted molar refractivity (Wildman–Crippen MR) is 86.5 cm³/mol. The molecule has 0 spiro atoms. The Labute approximate surface area is 140 Å². The van der Waals surface area contributed by atoms with Crippen LogP contribution in [-0.2, 0) is 4.79 Å². The number of likely N-dealkylation sites (tertiary alicyclic amines) is 1. The van der Waals surface area contributed by atoms with Gasteiger partial charge >= 0.3 is 0 Å². The highest BCUT2D eigenvalue weighted by Crippen LogP contribution is 2.19. The van der Waals surface area contributed by atoms with Crippen LogP contribution in [0.25, 0.3) is 0 Å². The minimum atomic E-state index is -0.337. The molecule has 1 aliphatic rings. The summed E-state index contributed by atoms with van der Waals surface area (Å²) in [5, 5.41) is 3.22. The van der Waals surface area contributed by atoms with E-state index in [0.717, 1.165) is 12.8 Å². The Morgan fingerprint density at radius 1 is 1.43 bits per heavy atom. The molecule has 126 valence electrons. The van der Waals surface area contributed by atoms with Gasteiger partial charge in [-0.25, -0.2) is 4.98 Å². The highest BCUT2D eigenvalue weighted by atomic mass is 35.5. The van der Waals surface area contributed by atoms with Gasteiger partial charge < -0.3 is 15.8 Å². The number of ether oxygens (including phenoxy) is 1. The van der Waals surface area contributed by atoms with Crippen molar-refractivity contribution in [3.05, 3.63) is 22.8 Å². The molecule has 0 atom stereocenters. The number of amides is 2. The Morgan fingerprint density at radius 2 is 2.13 bits per heavy atom. The van der Waals surface area contributed by atoms with Crippen molar-refractivity contribution in [3.63, 3.8) is 0 Å². The van der Waals surface area contributed by atoms with Crippen LogP contribution in [0.2, 0.25) is 5.02 Å². The third-order valence-electron chi connectivity index (χ3n) is 3.63. The number of hydrogen-bond acceptors (Lipinski definition) is 5. The van der Waals surface area contributed by atoms with Crippen molar-refractivity contribution in [1.82, 2.24) is 15.2 Å². The molecule has 0 bridgehead atoms. The van der Waals surface area contributed by atoms with Crippen molar-refractivity contribution in [2.75, 3.05) is 26.2 Å². The Balaban J connectivity index is 1.92. The number of primary amides is 1. The maximum Gasteiger partial charge on any atom is 0.271 e. The lowest BCUT2D eigenvalue weighted by atomic mass is 10.0. The molecule has 7 nitrogen and oxygen atoms in total. The molecule has 1 aromatic rings. The van der Waals surface area contributed by atoms with Crippen molar-refractivity contribution in [3.8, 4) is 5.88 Å². The summed E-state index contributed by atoms with van der Waals surface area (Å²) in [7, 11) is 0. The lowest BCUT2D eigenvalue weighted by molar-refractivity contribution is -0.119. The van der Waals surface area contributed by atoms with Crippen LogP contribution < -0.4 is 15.8 Å². The van der Waals surface area contributed by atoms with Crippen LogP contribution in [0.3, 0.4) is 0 Å². The molecule has 1 saturated heterocycles. The molecule has 1 aliphatic heterocycles. The van der Waals surface area contributed by atoms with Gasteiger partial charge in [0.05, 0.1) is 18.2 Å². The first-order chi connectivity index (χ1) is 11.0. The molecule has 1 fully saturated rings. The van der Waals surface area contributed by atoms with E-state index >= 15 is 0 Å². The van der Waals surface area contributed by atoms with Gasteiger partial charge in [-0.3, -0.25) is 14.5 Å². The van der Waals surface area contributed by atoms with Crippen molar-refractivity contribution in [2.24, 2.45) is 5.73 Å². The summed E-state index contributed by atoms with van der Waals surface area (Å²) in [5.74, 6) is -0.278. The van der Waals surface area contributed by atoms with Gasteiger partial charge in [0.1, 0.15) is 0 Å². The molecule has 0 saturated carbocycles. The molecule has 2 rings (SSSR count). The second-order valence-corrected chi connectivity index (χ2v) is 5.81. The summed E-state index contributed by atoms with van der Waals surface area (Å²) in [6.45, 7) is 4.00. The van der Waals surface area contributed by atoms with Crippen LogP contribution in [0.5, 0.6) is 5.88 Å². The summed E-state index contributed by atoms with van der Waals surface area (Å²) in [6.07, 6.45) is 1.50. The van der Waals surface area contributed by atoms with Crippen LogP contribution in [-0.4, -0.2) is 54.0 Å². The average Bonchev–Trinajstić information content (AvgIpc) is 2.51. The van der Waals surface area contributed by atoms with E-state index in [4.69, 9.17) is 22.1 Å². The number of carbonyl (C=O) groups is 2. The van der Waals surface area contributed by atoms with Gasteiger partial charge in [0.15, 0.2) is 5.69 Å². The van der Waals surface area contributed by atoms with Crippen LogP contribution >= 0.6 is 11.6 Å². The second kappa shape index (κ2) is 8.12. The number of halogens is 1. The zero-order chi connectivity index (χ0) is 16.8. The van der Waals surface area contributed by atoms with Crippen molar-refractivity contribution >= 4 is 23.4 Å². The Bertz CT molecular complexity index is 574. The number of carbonyl (C=O) groups excluding carboxylic acids is 2. The van der Waals surface area contributed by atoms with E-state index in [2.05, 4.69) is 10.3 Å². The topological polar surface area (TPSA) is 97.5 Å². The minimum Gasteiger partial charge on any atom is -0.478 e. The van der Waals surface area contributed by atoms with E-state index < -0.39 is 0 Å². The summed E-state index contributed by atoms with van der Waals surface area (Å²) in [4.78, 5) is 29.4. The predicted octanol–water partition coefficient (Wildman–Crippen LogP) is 0.813. The summed E-state index contributed by atoms with van der Waals surface area (Å²) < 4.78 is 5.29. The minimum absolute atomic E-state index is 0.0280. The van der Waals surface area contributed by atoms with Crippen LogP contribution in [0.4, 0.5) is 0 Å². The molecule has 0 radical (unpaired) electrons. The Kier molecular flexibility index (Phi) is 6.18. The van der Waals surface area contributed by atoms with Gasteiger partial charge in [-0.15, -0.1) is 0 Å².